The molecule has 4 heterocycles. The van der Waals surface area contributed by atoms with E-state index in [1.165, 1.54) is 26.6 Å². The van der Waals surface area contributed by atoms with Crippen molar-refractivity contribution in [2.45, 2.75) is 39.4 Å². The second-order valence-corrected chi connectivity index (χ2v) is 10.5. The van der Waals surface area contributed by atoms with Gasteiger partial charge in [-0.1, -0.05) is 55.0 Å². The second-order valence-electron chi connectivity index (χ2n) is 9.45. The molecule has 6 rings (SSSR count). The summed E-state index contributed by atoms with van der Waals surface area (Å²) in [6.07, 6.45) is 3.19. The maximum atomic E-state index is 13.9. The zero-order chi connectivity index (χ0) is 23.9. The molecule has 1 atom stereocenters. The third kappa shape index (κ3) is 3.97. The fourth-order valence-electron chi connectivity index (χ4n) is 5.37. The van der Waals surface area contributed by atoms with Crippen LogP contribution in [0.25, 0.3) is 5.00 Å². The average Bonchev–Trinajstić information content (AvgIpc) is 3.47. The maximum Gasteiger partial charge on any atom is 0.322 e. The van der Waals surface area contributed by atoms with Gasteiger partial charge >= 0.3 is 6.03 Å². The van der Waals surface area contributed by atoms with E-state index in [4.69, 9.17) is 0 Å². The van der Waals surface area contributed by atoms with Crippen LogP contribution >= 0.6 is 11.3 Å². The zero-order valence-electron chi connectivity index (χ0n) is 20.2. The van der Waals surface area contributed by atoms with Crippen molar-refractivity contribution in [1.82, 2.24) is 14.4 Å². The molecule has 0 unspecified atom stereocenters. The summed E-state index contributed by atoms with van der Waals surface area (Å²) < 4.78 is 2.32. The minimum atomic E-state index is -0.178. The van der Waals surface area contributed by atoms with E-state index in [1.807, 2.05) is 46.6 Å². The number of fused-ring (bicyclic) bond motifs is 5. The summed E-state index contributed by atoms with van der Waals surface area (Å²) in [7, 11) is 0. The molecule has 0 spiro atoms. The van der Waals surface area contributed by atoms with Crippen molar-refractivity contribution < 1.29 is 4.79 Å². The summed E-state index contributed by atoms with van der Waals surface area (Å²) in [6, 6.07) is 22.4. The van der Waals surface area contributed by atoms with E-state index in [-0.39, 0.29) is 12.1 Å². The van der Waals surface area contributed by atoms with Crippen LogP contribution in [0, 0.1) is 6.92 Å². The van der Waals surface area contributed by atoms with E-state index < -0.39 is 0 Å². The maximum absolute atomic E-state index is 13.9. The van der Waals surface area contributed by atoms with Gasteiger partial charge in [-0.25, -0.2) is 4.79 Å². The van der Waals surface area contributed by atoms with Crippen LogP contribution in [-0.4, -0.2) is 33.5 Å². The van der Waals surface area contributed by atoms with Crippen LogP contribution in [0.4, 0.5) is 10.5 Å². The van der Waals surface area contributed by atoms with E-state index in [2.05, 4.69) is 71.2 Å². The Morgan fingerprint density at radius 1 is 1.00 bits per heavy atom. The van der Waals surface area contributed by atoms with Crippen LogP contribution in [-0.2, 0) is 19.5 Å². The van der Waals surface area contributed by atoms with Gasteiger partial charge in [0, 0.05) is 35.4 Å². The van der Waals surface area contributed by atoms with Gasteiger partial charge in [0.2, 0.25) is 0 Å². The van der Waals surface area contributed by atoms with Crippen molar-refractivity contribution in [3.63, 3.8) is 0 Å². The Kier molecular flexibility index (Phi) is 5.71. The molecule has 35 heavy (non-hydrogen) atoms. The Hall–Kier alpha value is -3.35. The van der Waals surface area contributed by atoms with E-state index in [0.717, 1.165) is 43.0 Å². The third-order valence-electron chi connectivity index (χ3n) is 7.27. The summed E-state index contributed by atoms with van der Waals surface area (Å²) in [5, 5.41) is 4.44. The van der Waals surface area contributed by atoms with Crippen molar-refractivity contribution in [2.24, 2.45) is 0 Å². The van der Waals surface area contributed by atoms with Crippen molar-refractivity contribution >= 4 is 23.1 Å². The average molecular weight is 483 g/mol. The van der Waals surface area contributed by atoms with Gasteiger partial charge in [0.15, 0.2) is 0 Å². The van der Waals surface area contributed by atoms with E-state index in [1.54, 1.807) is 0 Å². The minimum absolute atomic E-state index is 0.0748. The molecule has 0 fully saturated rings. The quantitative estimate of drug-likeness (QED) is 0.369. The van der Waals surface area contributed by atoms with Gasteiger partial charge in [0.25, 0.3) is 0 Å². The lowest BCUT2D eigenvalue weighted by atomic mass is 10.00. The van der Waals surface area contributed by atoms with Crippen LogP contribution in [0.2, 0.25) is 0 Å². The number of urea groups is 1. The molecule has 0 saturated heterocycles. The number of carbonyl (C=O) groups excluding carboxylic acids is 1. The molecule has 2 aliphatic rings. The molecule has 2 aromatic carbocycles. The number of likely N-dealkylation sites (N-methyl/N-ethyl adjacent to an activating group) is 1. The largest absolute Gasteiger partial charge is 0.322 e. The van der Waals surface area contributed by atoms with Crippen molar-refractivity contribution in [3.05, 3.63) is 106 Å². The Bertz CT molecular complexity index is 1360. The molecule has 2 amide bonds. The number of rotatable bonds is 3. The highest BCUT2D eigenvalue weighted by Crippen LogP contribution is 2.43. The Balaban J connectivity index is 1.47. The van der Waals surface area contributed by atoms with Gasteiger partial charge in [-0.05, 0) is 55.3 Å². The Morgan fingerprint density at radius 3 is 2.57 bits per heavy atom. The fraction of sp³-hybridized carbons (Fsp3) is 0.276. The monoisotopic (exact) mass is 482 g/mol. The molecule has 0 saturated carbocycles. The molecular formula is C29H30N4OS. The van der Waals surface area contributed by atoms with Crippen molar-refractivity contribution in [1.29, 1.82) is 0 Å². The lowest BCUT2D eigenvalue weighted by Crippen LogP contribution is -2.38. The Morgan fingerprint density at radius 2 is 1.80 bits per heavy atom. The summed E-state index contributed by atoms with van der Waals surface area (Å²) in [5.74, 6) is 0. The van der Waals surface area contributed by atoms with Crippen molar-refractivity contribution in [3.8, 4) is 5.00 Å². The first-order valence-corrected chi connectivity index (χ1v) is 13.2. The topological polar surface area (TPSA) is 40.5 Å². The predicted molar refractivity (Wildman–Crippen MR) is 142 cm³/mol. The number of hydrogen-bond donors (Lipinski definition) is 1. The number of amides is 2. The SMILES string of the molecule is CCN1CCc2c(sc3c2CN(C(=O)Nc2ccc(C)cc2)[C@H](c2ccccc2)c2cccn2-3)C1. The number of anilines is 1. The lowest BCUT2D eigenvalue weighted by Gasteiger charge is -2.32. The minimum Gasteiger partial charge on any atom is -0.310 e. The van der Waals surface area contributed by atoms with E-state index in [0.29, 0.717) is 6.54 Å². The summed E-state index contributed by atoms with van der Waals surface area (Å²) in [5.41, 5.74) is 6.98. The second kappa shape index (κ2) is 9.02. The molecule has 0 aliphatic carbocycles. The van der Waals surface area contributed by atoms with Gasteiger partial charge < -0.3 is 14.8 Å². The van der Waals surface area contributed by atoms with Crippen molar-refractivity contribution in [2.75, 3.05) is 18.4 Å². The molecule has 6 heteroatoms. The van der Waals surface area contributed by atoms with Gasteiger partial charge in [-0.2, -0.15) is 0 Å². The van der Waals surface area contributed by atoms with Crippen LogP contribution in [0.1, 0.15) is 45.8 Å². The van der Waals surface area contributed by atoms with E-state index in [9.17, 15) is 4.79 Å². The number of hydrogen-bond acceptors (Lipinski definition) is 3. The number of nitrogens with zero attached hydrogens (tertiary/aromatic N) is 3. The van der Waals surface area contributed by atoms with Crippen LogP contribution in [0.3, 0.4) is 0 Å². The van der Waals surface area contributed by atoms with Gasteiger partial charge in [0.05, 0.1) is 18.3 Å². The van der Waals surface area contributed by atoms with Crippen LogP contribution < -0.4 is 5.32 Å². The number of aryl methyl sites for hydroxylation is 1. The molecule has 5 nitrogen and oxygen atoms in total. The number of aromatic nitrogens is 1. The predicted octanol–water partition coefficient (Wildman–Crippen LogP) is 6.36. The molecule has 1 N–H and O–H groups in total. The first-order valence-electron chi connectivity index (χ1n) is 12.3. The van der Waals surface area contributed by atoms with Crippen LogP contribution in [0.15, 0.2) is 72.9 Å². The summed E-state index contributed by atoms with van der Waals surface area (Å²) in [6.45, 7) is 8.01. The number of carbonyl (C=O) groups is 1. The molecule has 178 valence electrons. The highest BCUT2D eigenvalue weighted by Gasteiger charge is 2.36. The van der Waals surface area contributed by atoms with Gasteiger partial charge in [-0.3, -0.25) is 4.90 Å². The summed E-state index contributed by atoms with van der Waals surface area (Å²) >= 11 is 1.90. The first-order chi connectivity index (χ1) is 17.1. The van der Waals surface area contributed by atoms with Crippen LogP contribution in [0.5, 0.6) is 0 Å². The highest BCUT2D eigenvalue weighted by molar-refractivity contribution is 7.15. The number of nitrogens with one attached hydrogen (secondary N) is 1. The van der Waals surface area contributed by atoms with Gasteiger partial charge in [0.1, 0.15) is 5.00 Å². The molecular weight excluding hydrogens is 452 g/mol. The molecule has 0 bridgehead atoms. The highest BCUT2D eigenvalue weighted by atomic mass is 32.1. The normalized spacial score (nSPS) is 17.3. The fourth-order valence-corrected chi connectivity index (χ4v) is 6.77. The first kappa shape index (κ1) is 22.1. The molecule has 2 aromatic heterocycles. The zero-order valence-corrected chi connectivity index (χ0v) is 21.0. The third-order valence-corrected chi connectivity index (χ3v) is 8.53. The molecule has 2 aliphatic heterocycles. The van der Waals surface area contributed by atoms with Gasteiger partial charge in [-0.15, -0.1) is 11.3 Å². The Labute approximate surface area is 210 Å². The molecule has 0 radical (unpaired) electrons. The molecule has 4 aromatic rings. The smallest absolute Gasteiger partial charge is 0.310 e. The number of benzene rings is 2. The van der Waals surface area contributed by atoms with E-state index >= 15 is 0 Å². The lowest BCUT2D eigenvalue weighted by molar-refractivity contribution is 0.194. The number of thiophene rings is 1. The summed E-state index contributed by atoms with van der Waals surface area (Å²) in [4.78, 5) is 19.9. The standard InChI is InChI=1S/C29H30N4OS/c1-3-31-17-15-23-24-18-33(29(34)30-22-13-11-20(2)12-14-22)27(21-8-5-4-6-9-21)25-10-7-16-32(25)28(24)35-26(23)19-31/h4-14,16,27H,3,15,17-19H2,1-2H3,(H,30,34)/t27-/m1/s1.